The summed E-state index contributed by atoms with van der Waals surface area (Å²) in [7, 11) is 0. The molecule has 0 N–H and O–H groups in total. The first-order chi connectivity index (χ1) is 8.95. The minimum atomic E-state index is -0.700. The highest BCUT2D eigenvalue weighted by Crippen LogP contribution is 2.29. The van der Waals surface area contributed by atoms with Crippen LogP contribution in [-0.2, 0) is 0 Å². The molecule has 2 aromatic rings. The average molecular weight is 261 g/mol. The maximum Gasteiger partial charge on any atom is 0.276 e. The quantitative estimate of drug-likeness (QED) is 0.616. The van der Waals surface area contributed by atoms with Gasteiger partial charge in [-0.15, -0.1) is 0 Å². The smallest absolute Gasteiger partial charge is 0.276 e. The second kappa shape index (κ2) is 5.06. The van der Waals surface area contributed by atoms with Crippen LogP contribution in [0.3, 0.4) is 0 Å². The molecule has 0 aliphatic heterocycles. The summed E-state index contributed by atoms with van der Waals surface area (Å²) in [5.41, 5.74) is 1.53. The number of ether oxygens (including phenoxy) is 1. The topological polar surface area (TPSA) is 52.4 Å². The van der Waals surface area contributed by atoms with E-state index in [0.717, 1.165) is 23.3 Å². The van der Waals surface area contributed by atoms with E-state index in [2.05, 4.69) is 0 Å². The number of rotatable bonds is 3. The lowest BCUT2D eigenvalue weighted by Crippen LogP contribution is -1.93. The minimum Gasteiger partial charge on any atom is -0.457 e. The predicted octanol–water partition coefficient (Wildman–Crippen LogP) is 4.14. The van der Waals surface area contributed by atoms with Crippen LogP contribution in [-0.4, -0.2) is 4.92 Å². The van der Waals surface area contributed by atoms with Gasteiger partial charge in [0, 0.05) is 6.07 Å². The van der Waals surface area contributed by atoms with Crippen LogP contribution in [0, 0.1) is 29.8 Å². The Morgan fingerprint density at radius 1 is 1.16 bits per heavy atom. The lowest BCUT2D eigenvalue weighted by Gasteiger charge is -2.09. The molecule has 0 radical (unpaired) electrons. The number of halogens is 1. The maximum atomic E-state index is 13.3. The third-order valence-corrected chi connectivity index (χ3v) is 2.64. The van der Waals surface area contributed by atoms with E-state index < -0.39 is 10.7 Å². The zero-order chi connectivity index (χ0) is 14.0. The van der Waals surface area contributed by atoms with Gasteiger partial charge in [-0.25, -0.2) is 4.39 Å². The Kier molecular flexibility index (Phi) is 3.46. The monoisotopic (exact) mass is 261 g/mol. The van der Waals surface area contributed by atoms with Crippen molar-refractivity contribution in [2.24, 2.45) is 0 Å². The Bertz CT molecular complexity index is 641. The molecule has 0 aliphatic rings. The summed E-state index contributed by atoms with van der Waals surface area (Å²) in [6, 6.07) is 8.77. The Balaban J connectivity index is 2.38. The molecule has 0 heterocycles. The number of nitrogens with zero attached hydrogens (tertiary/aromatic N) is 1. The van der Waals surface area contributed by atoms with Crippen LogP contribution < -0.4 is 4.74 Å². The van der Waals surface area contributed by atoms with Gasteiger partial charge >= 0.3 is 0 Å². The summed E-state index contributed by atoms with van der Waals surface area (Å²) in [6.45, 7) is 3.75. The SMILES string of the molecule is Cc1ccc(C)c(Oc2cc(F)cc([N+](=O)[O-])c2)c1. The van der Waals surface area contributed by atoms with Crippen LogP contribution in [0.15, 0.2) is 36.4 Å². The second-order valence-corrected chi connectivity index (χ2v) is 4.27. The lowest BCUT2D eigenvalue weighted by molar-refractivity contribution is -0.385. The average Bonchev–Trinajstić information content (AvgIpc) is 2.33. The van der Waals surface area contributed by atoms with Crippen LogP contribution in [0.5, 0.6) is 11.5 Å². The van der Waals surface area contributed by atoms with Crippen molar-refractivity contribution in [3.8, 4) is 11.5 Å². The van der Waals surface area contributed by atoms with Gasteiger partial charge in [0.25, 0.3) is 5.69 Å². The fourth-order valence-corrected chi connectivity index (χ4v) is 1.66. The molecular formula is C14H12FNO3. The molecule has 2 rings (SSSR count). The fourth-order valence-electron chi connectivity index (χ4n) is 1.66. The summed E-state index contributed by atoms with van der Waals surface area (Å²) in [6.07, 6.45) is 0. The zero-order valence-corrected chi connectivity index (χ0v) is 10.5. The molecule has 19 heavy (non-hydrogen) atoms. The number of benzene rings is 2. The van der Waals surface area contributed by atoms with E-state index in [0.29, 0.717) is 5.75 Å². The minimum absolute atomic E-state index is 0.111. The van der Waals surface area contributed by atoms with E-state index >= 15 is 0 Å². The molecule has 0 fully saturated rings. The van der Waals surface area contributed by atoms with Gasteiger partial charge in [0.2, 0.25) is 0 Å². The standard InChI is InChI=1S/C14H12FNO3/c1-9-3-4-10(2)14(5-9)19-13-7-11(15)6-12(8-13)16(17)18/h3-8H,1-2H3. The normalized spacial score (nSPS) is 10.3. The van der Waals surface area contributed by atoms with E-state index in [1.807, 2.05) is 26.0 Å². The Morgan fingerprint density at radius 2 is 1.89 bits per heavy atom. The Labute approximate surface area is 109 Å². The lowest BCUT2D eigenvalue weighted by atomic mass is 10.1. The molecule has 2 aromatic carbocycles. The van der Waals surface area contributed by atoms with E-state index in [4.69, 9.17) is 4.74 Å². The molecule has 0 saturated carbocycles. The van der Waals surface area contributed by atoms with Crippen LogP contribution in [0.1, 0.15) is 11.1 Å². The fraction of sp³-hybridized carbons (Fsp3) is 0.143. The molecule has 0 atom stereocenters. The molecule has 0 aromatic heterocycles. The summed E-state index contributed by atoms with van der Waals surface area (Å²) in [4.78, 5) is 10.0. The van der Waals surface area contributed by atoms with Gasteiger partial charge in [0.15, 0.2) is 0 Å². The van der Waals surface area contributed by atoms with Crippen molar-refractivity contribution in [3.05, 3.63) is 63.5 Å². The van der Waals surface area contributed by atoms with Crippen LogP contribution >= 0.6 is 0 Å². The van der Waals surface area contributed by atoms with Gasteiger partial charge in [-0.2, -0.15) is 0 Å². The van der Waals surface area contributed by atoms with Gasteiger partial charge < -0.3 is 4.74 Å². The van der Waals surface area contributed by atoms with Gasteiger partial charge in [0.05, 0.1) is 17.1 Å². The van der Waals surface area contributed by atoms with Crippen LogP contribution in [0.2, 0.25) is 0 Å². The largest absolute Gasteiger partial charge is 0.457 e. The molecule has 0 amide bonds. The molecule has 0 bridgehead atoms. The van der Waals surface area contributed by atoms with Crippen molar-refractivity contribution in [2.45, 2.75) is 13.8 Å². The van der Waals surface area contributed by atoms with Crippen molar-refractivity contribution in [1.82, 2.24) is 0 Å². The Morgan fingerprint density at radius 3 is 2.58 bits per heavy atom. The van der Waals surface area contributed by atoms with Crippen molar-refractivity contribution in [1.29, 1.82) is 0 Å². The number of non-ortho nitro benzene ring substituents is 1. The highest BCUT2D eigenvalue weighted by Gasteiger charge is 2.12. The number of nitro benzene ring substituents is 1. The number of hydrogen-bond acceptors (Lipinski definition) is 3. The van der Waals surface area contributed by atoms with Crippen molar-refractivity contribution >= 4 is 5.69 Å². The van der Waals surface area contributed by atoms with Crippen LogP contribution in [0.25, 0.3) is 0 Å². The van der Waals surface area contributed by atoms with E-state index in [1.165, 1.54) is 6.07 Å². The van der Waals surface area contributed by atoms with Gasteiger partial charge in [-0.3, -0.25) is 10.1 Å². The predicted molar refractivity (Wildman–Crippen MR) is 69.0 cm³/mol. The summed E-state index contributed by atoms with van der Waals surface area (Å²) in [5.74, 6) is -0.0326. The van der Waals surface area contributed by atoms with E-state index in [-0.39, 0.29) is 11.4 Å². The highest BCUT2D eigenvalue weighted by atomic mass is 19.1. The van der Waals surface area contributed by atoms with E-state index in [9.17, 15) is 14.5 Å². The number of aryl methyl sites for hydroxylation is 2. The molecular weight excluding hydrogens is 249 g/mol. The van der Waals surface area contributed by atoms with Gasteiger partial charge in [-0.1, -0.05) is 12.1 Å². The van der Waals surface area contributed by atoms with Crippen molar-refractivity contribution in [2.75, 3.05) is 0 Å². The van der Waals surface area contributed by atoms with Crippen LogP contribution in [0.4, 0.5) is 10.1 Å². The van der Waals surface area contributed by atoms with Gasteiger partial charge in [-0.05, 0) is 31.0 Å². The zero-order valence-electron chi connectivity index (χ0n) is 10.5. The summed E-state index contributed by atoms with van der Waals surface area (Å²) >= 11 is 0. The van der Waals surface area contributed by atoms with Crippen molar-refractivity contribution in [3.63, 3.8) is 0 Å². The Hall–Kier alpha value is -2.43. The number of nitro groups is 1. The van der Waals surface area contributed by atoms with E-state index in [1.54, 1.807) is 6.07 Å². The summed E-state index contributed by atoms with van der Waals surface area (Å²) < 4.78 is 18.8. The molecule has 0 unspecified atom stereocenters. The first-order valence-corrected chi connectivity index (χ1v) is 5.66. The number of hydrogen-bond donors (Lipinski definition) is 0. The third kappa shape index (κ3) is 3.07. The first-order valence-electron chi connectivity index (χ1n) is 5.66. The summed E-state index contributed by atoms with van der Waals surface area (Å²) in [5, 5.41) is 10.7. The third-order valence-electron chi connectivity index (χ3n) is 2.64. The van der Waals surface area contributed by atoms with Gasteiger partial charge in [0.1, 0.15) is 17.3 Å². The second-order valence-electron chi connectivity index (χ2n) is 4.27. The molecule has 4 nitrogen and oxygen atoms in total. The molecule has 0 spiro atoms. The molecule has 0 saturated heterocycles. The maximum absolute atomic E-state index is 13.3. The molecule has 5 heteroatoms. The molecule has 0 aliphatic carbocycles. The highest BCUT2D eigenvalue weighted by molar-refractivity contribution is 5.44. The van der Waals surface area contributed by atoms with Crippen molar-refractivity contribution < 1.29 is 14.1 Å². The first kappa shape index (κ1) is 13.0. The molecule has 98 valence electrons.